The number of ether oxygens (including phenoxy) is 2. The summed E-state index contributed by atoms with van der Waals surface area (Å²) >= 11 is 6.11. The van der Waals surface area contributed by atoms with Crippen LogP contribution in [0.15, 0.2) is 12.1 Å². The predicted octanol–water partition coefficient (Wildman–Crippen LogP) is 1.95. The highest BCUT2D eigenvalue weighted by Gasteiger charge is 2.21. The van der Waals surface area contributed by atoms with Crippen molar-refractivity contribution >= 4 is 17.5 Å². The third kappa shape index (κ3) is 3.35. The lowest BCUT2D eigenvalue weighted by Crippen LogP contribution is -2.29. The second-order valence-corrected chi connectivity index (χ2v) is 5.25. The minimum atomic E-state index is -0.436. The zero-order valence-electron chi connectivity index (χ0n) is 11.6. The number of hydrogen-bond donors (Lipinski definition) is 1. The van der Waals surface area contributed by atoms with Crippen molar-refractivity contribution in [3.63, 3.8) is 0 Å². The molecule has 0 bridgehead atoms. The minimum absolute atomic E-state index is 0.162. The molecule has 20 heavy (non-hydrogen) atoms. The van der Waals surface area contributed by atoms with Crippen molar-refractivity contribution < 1.29 is 19.4 Å². The molecule has 1 heterocycles. The molecule has 1 aromatic carbocycles. The molecule has 2 rings (SSSR count). The van der Waals surface area contributed by atoms with Crippen LogP contribution in [0.2, 0.25) is 5.02 Å². The Hall–Kier alpha value is -1.46. The van der Waals surface area contributed by atoms with Gasteiger partial charge in [-0.1, -0.05) is 11.6 Å². The summed E-state index contributed by atoms with van der Waals surface area (Å²) in [5, 5.41) is 9.63. The maximum absolute atomic E-state index is 12.3. The first kappa shape index (κ1) is 14.9. The fourth-order valence-corrected chi connectivity index (χ4v) is 2.20. The van der Waals surface area contributed by atoms with Gasteiger partial charge in [-0.15, -0.1) is 0 Å². The van der Waals surface area contributed by atoms with Crippen molar-refractivity contribution in [1.82, 2.24) is 4.90 Å². The standard InChI is InChI=1S/C14H18ClNO4/c1-9(17)3-4-16(2)14(18)10-7-11(15)13-12(8-10)19-5-6-20-13/h7-9,17H,3-6H2,1-2H3. The van der Waals surface area contributed by atoms with Crippen molar-refractivity contribution in [3.05, 3.63) is 22.7 Å². The lowest BCUT2D eigenvalue weighted by molar-refractivity contribution is 0.0768. The Labute approximate surface area is 123 Å². The molecule has 1 aliphatic heterocycles. The highest BCUT2D eigenvalue weighted by atomic mass is 35.5. The SMILES string of the molecule is CC(O)CCN(C)C(=O)c1cc(Cl)c2c(c1)OCCO2. The van der Waals surface area contributed by atoms with Crippen LogP contribution in [0.5, 0.6) is 11.5 Å². The quantitative estimate of drug-likeness (QED) is 0.923. The summed E-state index contributed by atoms with van der Waals surface area (Å²) in [6.07, 6.45) is 0.0923. The highest BCUT2D eigenvalue weighted by molar-refractivity contribution is 6.32. The van der Waals surface area contributed by atoms with Crippen molar-refractivity contribution in [2.75, 3.05) is 26.8 Å². The topological polar surface area (TPSA) is 59.0 Å². The number of nitrogens with zero attached hydrogens (tertiary/aromatic N) is 1. The molecule has 0 aromatic heterocycles. The molecule has 5 nitrogen and oxygen atoms in total. The summed E-state index contributed by atoms with van der Waals surface area (Å²) in [5.74, 6) is 0.821. The van der Waals surface area contributed by atoms with Crippen LogP contribution >= 0.6 is 11.6 Å². The van der Waals surface area contributed by atoms with E-state index >= 15 is 0 Å². The summed E-state index contributed by atoms with van der Waals surface area (Å²) < 4.78 is 10.9. The van der Waals surface area contributed by atoms with Gasteiger partial charge in [0.25, 0.3) is 5.91 Å². The Morgan fingerprint density at radius 3 is 2.85 bits per heavy atom. The molecule has 0 saturated carbocycles. The molecule has 1 aromatic rings. The molecular formula is C14H18ClNO4. The zero-order valence-corrected chi connectivity index (χ0v) is 12.3. The van der Waals surface area contributed by atoms with E-state index in [2.05, 4.69) is 0 Å². The molecule has 110 valence electrons. The molecule has 1 amide bonds. The van der Waals surface area contributed by atoms with Gasteiger partial charge in [0, 0.05) is 19.2 Å². The fourth-order valence-electron chi connectivity index (χ4n) is 1.94. The number of hydrogen-bond acceptors (Lipinski definition) is 4. The van der Waals surface area contributed by atoms with Gasteiger partial charge in [-0.2, -0.15) is 0 Å². The summed E-state index contributed by atoms with van der Waals surface area (Å²) in [5.41, 5.74) is 0.451. The summed E-state index contributed by atoms with van der Waals surface area (Å²) in [6, 6.07) is 3.22. The third-order valence-corrected chi connectivity index (χ3v) is 3.35. The molecule has 0 radical (unpaired) electrons. The van der Waals surface area contributed by atoms with Gasteiger partial charge in [0.1, 0.15) is 13.2 Å². The maximum Gasteiger partial charge on any atom is 0.253 e. The molecule has 1 atom stereocenters. The van der Waals surface area contributed by atoms with Gasteiger partial charge in [-0.25, -0.2) is 0 Å². The van der Waals surface area contributed by atoms with E-state index < -0.39 is 6.10 Å². The van der Waals surface area contributed by atoms with Gasteiger partial charge in [0.05, 0.1) is 11.1 Å². The number of carbonyl (C=O) groups is 1. The monoisotopic (exact) mass is 299 g/mol. The van der Waals surface area contributed by atoms with Crippen LogP contribution in [-0.4, -0.2) is 48.8 Å². The largest absolute Gasteiger partial charge is 0.486 e. The van der Waals surface area contributed by atoms with Gasteiger partial charge in [-0.3, -0.25) is 4.79 Å². The lowest BCUT2D eigenvalue weighted by atomic mass is 10.1. The van der Waals surface area contributed by atoms with Crippen molar-refractivity contribution in [1.29, 1.82) is 0 Å². The number of carbonyl (C=O) groups excluding carboxylic acids is 1. The van der Waals surface area contributed by atoms with E-state index in [4.69, 9.17) is 21.1 Å². The van der Waals surface area contributed by atoms with Crippen molar-refractivity contribution in [3.8, 4) is 11.5 Å². The number of fused-ring (bicyclic) bond motifs is 1. The molecular weight excluding hydrogens is 282 g/mol. The Kier molecular flexibility index (Phi) is 4.73. The molecule has 0 fully saturated rings. The predicted molar refractivity (Wildman–Crippen MR) is 75.7 cm³/mol. The van der Waals surface area contributed by atoms with Crippen LogP contribution < -0.4 is 9.47 Å². The summed E-state index contributed by atoms with van der Waals surface area (Å²) in [6.45, 7) is 3.06. The van der Waals surface area contributed by atoms with Crippen LogP contribution in [0, 0.1) is 0 Å². The van der Waals surface area contributed by atoms with Crippen molar-refractivity contribution in [2.24, 2.45) is 0 Å². The van der Waals surface area contributed by atoms with Gasteiger partial charge in [0.15, 0.2) is 11.5 Å². The zero-order chi connectivity index (χ0) is 14.7. The smallest absolute Gasteiger partial charge is 0.253 e. The van der Waals surface area contributed by atoms with Crippen molar-refractivity contribution in [2.45, 2.75) is 19.4 Å². The van der Waals surface area contributed by atoms with Crippen LogP contribution in [0.3, 0.4) is 0 Å². The Morgan fingerprint density at radius 1 is 1.45 bits per heavy atom. The Morgan fingerprint density at radius 2 is 2.15 bits per heavy atom. The van der Waals surface area contributed by atoms with E-state index in [0.29, 0.717) is 48.3 Å². The van der Waals surface area contributed by atoms with Crippen LogP contribution in [0.1, 0.15) is 23.7 Å². The van der Waals surface area contributed by atoms with E-state index in [9.17, 15) is 9.90 Å². The first-order chi connectivity index (χ1) is 9.49. The first-order valence-corrected chi connectivity index (χ1v) is 6.89. The fraction of sp³-hybridized carbons (Fsp3) is 0.500. The number of amides is 1. The number of aliphatic hydroxyl groups is 1. The molecule has 1 N–H and O–H groups in total. The molecule has 0 saturated heterocycles. The molecule has 1 aliphatic rings. The highest BCUT2D eigenvalue weighted by Crippen LogP contribution is 2.38. The average molecular weight is 300 g/mol. The molecule has 6 heteroatoms. The van der Waals surface area contributed by atoms with E-state index in [1.165, 1.54) is 0 Å². The third-order valence-electron chi connectivity index (χ3n) is 3.07. The van der Waals surface area contributed by atoms with E-state index in [1.54, 1.807) is 31.0 Å². The molecule has 1 unspecified atom stereocenters. The van der Waals surface area contributed by atoms with Crippen LogP contribution in [0.25, 0.3) is 0 Å². The van der Waals surface area contributed by atoms with Gasteiger partial charge < -0.3 is 19.5 Å². The van der Waals surface area contributed by atoms with Crippen LogP contribution in [-0.2, 0) is 0 Å². The second-order valence-electron chi connectivity index (χ2n) is 4.85. The van der Waals surface area contributed by atoms with E-state index in [0.717, 1.165) is 0 Å². The normalized spacial score (nSPS) is 14.8. The average Bonchev–Trinajstić information content (AvgIpc) is 2.43. The molecule has 0 aliphatic carbocycles. The summed E-state index contributed by atoms with van der Waals surface area (Å²) in [4.78, 5) is 13.8. The number of benzene rings is 1. The van der Waals surface area contributed by atoms with Gasteiger partial charge in [-0.05, 0) is 25.5 Å². The van der Waals surface area contributed by atoms with E-state index in [-0.39, 0.29) is 5.91 Å². The second kappa shape index (κ2) is 6.33. The Balaban J connectivity index is 2.16. The van der Waals surface area contributed by atoms with E-state index in [1.807, 2.05) is 0 Å². The number of halogens is 1. The Bertz CT molecular complexity index is 504. The minimum Gasteiger partial charge on any atom is -0.486 e. The van der Waals surface area contributed by atoms with Gasteiger partial charge >= 0.3 is 0 Å². The van der Waals surface area contributed by atoms with Crippen LogP contribution in [0.4, 0.5) is 0 Å². The number of aliphatic hydroxyl groups excluding tert-OH is 1. The lowest BCUT2D eigenvalue weighted by Gasteiger charge is -2.22. The summed E-state index contributed by atoms with van der Waals surface area (Å²) in [7, 11) is 1.69. The number of rotatable bonds is 4. The van der Waals surface area contributed by atoms with Gasteiger partial charge in [0.2, 0.25) is 0 Å². The first-order valence-electron chi connectivity index (χ1n) is 6.51. The maximum atomic E-state index is 12.3. The molecule has 0 spiro atoms.